The van der Waals surface area contributed by atoms with E-state index in [4.69, 9.17) is 0 Å². The highest BCUT2D eigenvalue weighted by molar-refractivity contribution is 5.85. The number of benzene rings is 2. The number of nitrogens with one attached hydrogen (secondary N) is 1. The molecule has 2 aromatic carbocycles. The fraction of sp³-hybridized carbons (Fsp3) is 0.360. The van der Waals surface area contributed by atoms with Crippen LogP contribution < -0.4 is 5.32 Å². The number of anilines is 1. The molecule has 0 radical (unpaired) electrons. The largest absolute Gasteiger partial charge is 0.369 e. The number of rotatable bonds is 13. The van der Waals surface area contributed by atoms with Gasteiger partial charge in [-0.2, -0.15) is 0 Å². The van der Waals surface area contributed by atoms with Crippen LogP contribution in [0.3, 0.4) is 0 Å². The molecule has 3 aromatic rings. The Hall–Kier alpha value is -3.88. The maximum absolute atomic E-state index is 11.6. The van der Waals surface area contributed by atoms with Crippen molar-refractivity contribution in [3.8, 4) is 22.4 Å². The zero-order chi connectivity index (χ0) is 24.3. The molecule has 0 amide bonds. The molecule has 0 atom stereocenters. The van der Waals surface area contributed by atoms with Crippen LogP contribution >= 0.6 is 0 Å². The monoisotopic (exact) mass is 463 g/mol. The smallest absolute Gasteiger partial charge is 0.278 e. The van der Waals surface area contributed by atoms with Crippen molar-refractivity contribution in [2.75, 3.05) is 11.9 Å². The first-order valence-electron chi connectivity index (χ1n) is 11.6. The van der Waals surface area contributed by atoms with Crippen LogP contribution in [0.4, 0.5) is 17.2 Å². The zero-order valence-electron chi connectivity index (χ0n) is 19.3. The Balaban J connectivity index is 1.84. The molecule has 1 heterocycles. The van der Waals surface area contributed by atoms with Gasteiger partial charge in [0.05, 0.1) is 15.4 Å². The predicted molar refractivity (Wildman–Crippen MR) is 133 cm³/mol. The molecule has 178 valence electrons. The van der Waals surface area contributed by atoms with Crippen LogP contribution in [0.25, 0.3) is 22.4 Å². The maximum atomic E-state index is 11.6. The van der Waals surface area contributed by atoms with Gasteiger partial charge in [-0.05, 0) is 36.2 Å². The van der Waals surface area contributed by atoms with Gasteiger partial charge >= 0.3 is 0 Å². The number of nitro benzene ring substituents is 2. The van der Waals surface area contributed by atoms with Gasteiger partial charge in [-0.25, -0.2) is 0 Å². The molecular formula is C25H29N5O4. The molecule has 0 aliphatic carbocycles. The van der Waals surface area contributed by atoms with E-state index in [0.29, 0.717) is 28.2 Å². The third-order valence-corrected chi connectivity index (χ3v) is 5.63. The molecular weight excluding hydrogens is 434 g/mol. The SMILES string of the molecule is CCCCCCCCCNc1cc(-c2ccc([N+](=O)[O-])cc2)c(-c2ccccc2[N+](=O)[O-])nn1. The van der Waals surface area contributed by atoms with Crippen LogP contribution in [0.1, 0.15) is 51.9 Å². The van der Waals surface area contributed by atoms with Gasteiger partial charge in [0.1, 0.15) is 11.5 Å². The minimum atomic E-state index is -0.466. The lowest BCUT2D eigenvalue weighted by Gasteiger charge is -2.12. The van der Waals surface area contributed by atoms with E-state index >= 15 is 0 Å². The summed E-state index contributed by atoms with van der Waals surface area (Å²) >= 11 is 0. The number of non-ortho nitro benzene ring substituents is 1. The van der Waals surface area contributed by atoms with E-state index in [1.54, 1.807) is 36.4 Å². The fourth-order valence-electron chi connectivity index (χ4n) is 3.79. The lowest BCUT2D eigenvalue weighted by Crippen LogP contribution is -2.06. The molecule has 9 heteroatoms. The lowest BCUT2D eigenvalue weighted by molar-refractivity contribution is -0.384. The van der Waals surface area contributed by atoms with Gasteiger partial charge in [-0.1, -0.05) is 57.6 Å². The summed E-state index contributed by atoms with van der Waals surface area (Å²) in [4.78, 5) is 21.7. The number of nitro groups is 2. The average Bonchev–Trinajstić information content (AvgIpc) is 2.85. The summed E-state index contributed by atoms with van der Waals surface area (Å²) in [6, 6.07) is 14.2. The van der Waals surface area contributed by atoms with Gasteiger partial charge in [0.25, 0.3) is 11.4 Å². The van der Waals surface area contributed by atoms with Crippen molar-refractivity contribution in [2.24, 2.45) is 0 Å². The standard InChI is InChI=1S/C25H29N5O4/c1-2-3-4-5-6-7-10-17-26-24-18-22(19-13-15-20(16-14-19)29(31)32)25(28-27-24)21-11-8-9-12-23(21)30(33)34/h8-9,11-16,18H,2-7,10,17H2,1H3,(H,26,27). The van der Waals surface area contributed by atoms with E-state index in [2.05, 4.69) is 22.4 Å². The molecule has 9 nitrogen and oxygen atoms in total. The first-order chi connectivity index (χ1) is 16.5. The first-order valence-corrected chi connectivity index (χ1v) is 11.6. The third kappa shape index (κ3) is 6.57. The van der Waals surface area contributed by atoms with Crippen molar-refractivity contribution in [2.45, 2.75) is 51.9 Å². The zero-order valence-corrected chi connectivity index (χ0v) is 19.3. The van der Waals surface area contributed by atoms with Gasteiger partial charge in [0.15, 0.2) is 0 Å². The molecule has 0 fully saturated rings. The minimum absolute atomic E-state index is 0.0321. The van der Waals surface area contributed by atoms with Gasteiger partial charge in [0.2, 0.25) is 0 Å². The number of hydrogen-bond donors (Lipinski definition) is 1. The second-order valence-corrected chi connectivity index (χ2v) is 8.12. The maximum Gasteiger partial charge on any atom is 0.278 e. The van der Waals surface area contributed by atoms with E-state index in [1.807, 2.05) is 0 Å². The molecule has 1 N–H and O–H groups in total. The van der Waals surface area contributed by atoms with Crippen LogP contribution in [0.5, 0.6) is 0 Å². The van der Waals surface area contributed by atoms with E-state index in [0.717, 1.165) is 19.4 Å². The Labute approximate surface area is 198 Å². The van der Waals surface area contributed by atoms with Crippen molar-refractivity contribution >= 4 is 17.2 Å². The van der Waals surface area contributed by atoms with Crippen molar-refractivity contribution in [1.82, 2.24) is 10.2 Å². The Morgan fingerprint density at radius 2 is 1.47 bits per heavy atom. The van der Waals surface area contributed by atoms with Crippen molar-refractivity contribution in [1.29, 1.82) is 0 Å². The molecule has 0 aliphatic heterocycles. The Kier molecular flexibility index (Phi) is 9.02. The normalized spacial score (nSPS) is 10.7. The summed E-state index contributed by atoms with van der Waals surface area (Å²) in [6.07, 6.45) is 8.40. The molecule has 0 saturated heterocycles. The number of aromatic nitrogens is 2. The third-order valence-electron chi connectivity index (χ3n) is 5.63. The van der Waals surface area contributed by atoms with Crippen LogP contribution in [0.15, 0.2) is 54.6 Å². The summed E-state index contributed by atoms with van der Waals surface area (Å²) in [5.74, 6) is 0.557. The van der Waals surface area contributed by atoms with E-state index in [1.165, 1.54) is 50.3 Å². The van der Waals surface area contributed by atoms with Crippen LogP contribution in [-0.2, 0) is 0 Å². The summed E-state index contributed by atoms with van der Waals surface area (Å²) < 4.78 is 0. The Morgan fingerprint density at radius 1 is 0.794 bits per heavy atom. The van der Waals surface area contributed by atoms with E-state index in [9.17, 15) is 20.2 Å². The van der Waals surface area contributed by atoms with Crippen LogP contribution in [0.2, 0.25) is 0 Å². The topological polar surface area (TPSA) is 124 Å². The van der Waals surface area contributed by atoms with Gasteiger partial charge < -0.3 is 5.32 Å². The molecule has 0 bridgehead atoms. The fourth-order valence-corrected chi connectivity index (χ4v) is 3.79. The number of para-hydroxylation sites is 1. The summed E-state index contributed by atoms with van der Waals surface area (Å²) in [5, 5.41) is 34.5. The molecule has 34 heavy (non-hydrogen) atoms. The molecule has 0 unspecified atom stereocenters. The Bertz CT molecular complexity index is 1120. The first kappa shape index (κ1) is 24.8. The molecule has 0 saturated carbocycles. The Morgan fingerprint density at radius 3 is 2.15 bits per heavy atom. The quantitative estimate of drug-likeness (QED) is 0.168. The van der Waals surface area contributed by atoms with Crippen LogP contribution in [-0.4, -0.2) is 26.6 Å². The second kappa shape index (κ2) is 12.4. The van der Waals surface area contributed by atoms with Crippen molar-refractivity contribution < 1.29 is 9.85 Å². The van der Waals surface area contributed by atoms with E-state index < -0.39 is 9.85 Å². The predicted octanol–water partition coefficient (Wildman–Crippen LogP) is 6.79. The summed E-state index contributed by atoms with van der Waals surface area (Å²) in [5.41, 5.74) is 1.85. The molecule has 0 spiro atoms. The van der Waals surface area contributed by atoms with Crippen molar-refractivity contribution in [3.05, 3.63) is 74.8 Å². The average molecular weight is 464 g/mol. The van der Waals surface area contributed by atoms with Gasteiger partial charge in [-0.3, -0.25) is 20.2 Å². The molecule has 3 rings (SSSR count). The van der Waals surface area contributed by atoms with E-state index in [-0.39, 0.29) is 11.4 Å². The number of unbranched alkanes of at least 4 members (excludes halogenated alkanes) is 6. The van der Waals surface area contributed by atoms with Crippen molar-refractivity contribution in [3.63, 3.8) is 0 Å². The summed E-state index contributed by atoms with van der Waals surface area (Å²) in [7, 11) is 0. The number of hydrogen-bond acceptors (Lipinski definition) is 7. The molecule has 1 aromatic heterocycles. The lowest BCUT2D eigenvalue weighted by atomic mass is 9.98. The minimum Gasteiger partial charge on any atom is -0.369 e. The van der Waals surface area contributed by atoms with Gasteiger partial charge in [-0.15, -0.1) is 10.2 Å². The highest BCUT2D eigenvalue weighted by Gasteiger charge is 2.21. The second-order valence-electron chi connectivity index (χ2n) is 8.12. The van der Waals surface area contributed by atoms with Gasteiger partial charge in [0, 0.05) is 30.3 Å². The molecule has 0 aliphatic rings. The van der Waals surface area contributed by atoms with Crippen LogP contribution in [0, 0.1) is 20.2 Å². The highest BCUT2D eigenvalue weighted by atomic mass is 16.6. The highest BCUT2D eigenvalue weighted by Crippen LogP contribution is 2.36. The number of nitrogens with zero attached hydrogens (tertiary/aromatic N) is 4. The summed E-state index contributed by atoms with van der Waals surface area (Å²) in [6.45, 7) is 2.95.